The second-order valence-corrected chi connectivity index (χ2v) is 5.11. The highest BCUT2D eigenvalue weighted by Gasteiger charge is 2.40. The van der Waals surface area contributed by atoms with Crippen molar-refractivity contribution in [1.29, 1.82) is 0 Å². The van der Waals surface area contributed by atoms with E-state index < -0.39 is 0 Å². The SMILES string of the molecule is CC(CO)CN1CC(=O)N2CCCCC2C1=O. The lowest BCUT2D eigenvalue weighted by molar-refractivity contribution is -0.158. The van der Waals surface area contributed by atoms with E-state index in [4.69, 9.17) is 5.11 Å². The summed E-state index contributed by atoms with van der Waals surface area (Å²) < 4.78 is 0. The van der Waals surface area contributed by atoms with E-state index in [0.29, 0.717) is 6.54 Å². The molecular formula is C12H20N2O3. The lowest BCUT2D eigenvalue weighted by atomic mass is 9.98. The maximum Gasteiger partial charge on any atom is 0.245 e. The number of carbonyl (C=O) groups excluding carboxylic acids is 2. The van der Waals surface area contributed by atoms with Crippen LogP contribution in [0.25, 0.3) is 0 Å². The van der Waals surface area contributed by atoms with Gasteiger partial charge in [0, 0.05) is 19.7 Å². The molecule has 2 heterocycles. The van der Waals surface area contributed by atoms with Crippen LogP contribution >= 0.6 is 0 Å². The van der Waals surface area contributed by atoms with Gasteiger partial charge in [-0.3, -0.25) is 9.59 Å². The van der Waals surface area contributed by atoms with Gasteiger partial charge in [0.15, 0.2) is 0 Å². The summed E-state index contributed by atoms with van der Waals surface area (Å²) >= 11 is 0. The number of piperidine rings is 1. The van der Waals surface area contributed by atoms with Crippen LogP contribution < -0.4 is 0 Å². The molecule has 0 aromatic rings. The molecule has 0 aliphatic carbocycles. The van der Waals surface area contributed by atoms with Crippen molar-refractivity contribution in [2.24, 2.45) is 5.92 Å². The third kappa shape index (κ3) is 2.44. The Bertz CT molecular complexity index is 319. The van der Waals surface area contributed by atoms with E-state index >= 15 is 0 Å². The van der Waals surface area contributed by atoms with Crippen LogP contribution in [0.5, 0.6) is 0 Å². The predicted molar refractivity (Wildman–Crippen MR) is 62.2 cm³/mol. The van der Waals surface area contributed by atoms with Crippen molar-refractivity contribution >= 4 is 11.8 Å². The molecule has 2 rings (SSSR count). The summed E-state index contributed by atoms with van der Waals surface area (Å²) in [5, 5.41) is 9.02. The van der Waals surface area contributed by atoms with Crippen LogP contribution in [0.15, 0.2) is 0 Å². The topological polar surface area (TPSA) is 60.9 Å². The van der Waals surface area contributed by atoms with Gasteiger partial charge in [-0.25, -0.2) is 0 Å². The zero-order chi connectivity index (χ0) is 12.4. The minimum atomic E-state index is -0.240. The third-order valence-corrected chi connectivity index (χ3v) is 3.59. The summed E-state index contributed by atoms with van der Waals surface area (Å²) in [6.45, 7) is 3.31. The second kappa shape index (κ2) is 5.04. The molecule has 2 amide bonds. The average Bonchev–Trinajstić information content (AvgIpc) is 2.35. The Morgan fingerprint density at radius 3 is 2.88 bits per heavy atom. The van der Waals surface area contributed by atoms with Crippen molar-refractivity contribution in [2.45, 2.75) is 32.2 Å². The smallest absolute Gasteiger partial charge is 0.245 e. The number of aliphatic hydroxyl groups is 1. The zero-order valence-corrected chi connectivity index (χ0v) is 10.3. The standard InChI is InChI=1S/C12H20N2O3/c1-9(8-15)6-13-7-11(16)14-5-3-2-4-10(14)12(13)17/h9-10,15H,2-8H2,1H3. The zero-order valence-electron chi connectivity index (χ0n) is 10.3. The average molecular weight is 240 g/mol. The number of fused-ring (bicyclic) bond motifs is 1. The van der Waals surface area contributed by atoms with Gasteiger partial charge < -0.3 is 14.9 Å². The number of amides is 2. The van der Waals surface area contributed by atoms with Crippen LogP contribution in [0.2, 0.25) is 0 Å². The molecule has 2 aliphatic heterocycles. The van der Waals surface area contributed by atoms with Gasteiger partial charge in [0.1, 0.15) is 6.04 Å². The minimum Gasteiger partial charge on any atom is -0.396 e. The number of piperazine rings is 1. The van der Waals surface area contributed by atoms with Crippen molar-refractivity contribution in [3.8, 4) is 0 Å². The summed E-state index contributed by atoms with van der Waals surface area (Å²) in [5.74, 6) is 0.144. The first-order valence-corrected chi connectivity index (χ1v) is 6.32. The molecule has 0 radical (unpaired) electrons. The molecule has 0 aromatic carbocycles. The first kappa shape index (κ1) is 12.4. The van der Waals surface area contributed by atoms with Crippen molar-refractivity contribution < 1.29 is 14.7 Å². The molecule has 2 saturated heterocycles. The van der Waals surface area contributed by atoms with Gasteiger partial charge in [-0.15, -0.1) is 0 Å². The van der Waals surface area contributed by atoms with Gasteiger partial charge in [0.05, 0.1) is 6.54 Å². The first-order valence-electron chi connectivity index (χ1n) is 6.32. The maximum atomic E-state index is 12.2. The highest BCUT2D eigenvalue weighted by atomic mass is 16.3. The summed E-state index contributed by atoms with van der Waals surface area (Å²) in [6.07, 6.45) is 2.81. The molecular weight excluding hydrogens is 220 g/mol. The molecule has 2 fully saturated rings. The van der Waals surface area contributed by atoms with E-state index in [1.807, 2.05) is 6.92 Å². The number of nitrogens with zero attached hydrogens (tertiary/aromatic N) is 2. The van der Waals surface area contributed by atoms with Crippen LogP contribution in [0.4, 0.5) is 0 Å². The van der Waals surface area contributed by atoms with E-state index in [0.717, 1.165) is 25.8 Å². The molecule has 1 N–H and O–H groups in total. The van der Waals surface area contributed by atoms with Gasteiger partial charge in [-0.1, -0.05) is 6.92 Å². The fourth-order valence-corrected chi connectivity index (χ4v) is 2.62. The van der Waals surface area contributed by atoms with E-state index in [-0.39, 0.29) is 36.9 Å². The van der Waals surface area contributed by atoms with Crippen molar-refractivity contribution in [1.82, 2.24) is 9.80 Å². The monoisotopic (exact) mass is 240 g/mol. The van der Waals surface area contributed by atoms with E-state index in [1.54, 1.807) is 9.80 Å². The largest absolute Gasteiger partial charge is 0.396 e. The molecule has 2 atom stereocenters. The van der Waals surface area contributed by atoms with Crippen LogP contribution in [0.3, 0.4) is 0 Å². The Kier molecular flexibility index (Phi) is 3.66. The Labute approximate surface area is 101 Å². The maximum absolute atomic E-state index is 12.2. The number of aliphatic hydroxyl groups excluding tert-OH is 1. The van der Waals surface area contributed by atoms with E-state index in [9.17, 15) is 9.59 Å². The first-order chi connectivity index (χ1) is 8.13. The molecule has 5 nitrogen and oxygen atoms in total. The summed E-state index contributed by atoms with van der Waals surface area (Å²) in [7, 11) is 0. The van der Waals surface area contributed by atoms with Gasteiger partial charge in [-0.05, 0) is 25.2 Å². The summed E-state index contributed by atoms with van der Waals surface area (Å²) in [4.78, 5) is 27.5. The van der Waals surface area contributed by atoms with Gasteiger partial charge >= 0.3 is 0 Å². The quantitative estimate of drug-likeness (QED) is 0.745. The Morgan fingerprint density at radius 1 is 1.41 bits per heavy atom. The van der Waals surface area contributed by atoms with Gasteiger partial charge in [-0.2, -0.15) is 0 Å². The molecule has 5 heteroatoms. The molecule has 0 spiro atoms. The number of rotatable bonds is 3. The molecule has 2 unspecified atom stereocenters. The minimum absolute atomic E-state index is 0.0295. The fourth-order valence-electron chi connectivity index (χ4n) is 2.62. The number of carbonyl (C=O) groups is 2. The molecule has 17 heavy (non-hydrogen) atoms. The highest BCUT2D eigenvalue weighted by Crippen LogP contribution is 2.23. The van der Waals surface area contributed by atoms with Crippen molar-refractivity contribution in [3.63, 3.8) is 0 Å². The molecule has 96 valence electrons. The summed E-state index contributed by atoms with van der Waals surface area (Å²) in [5.41, 5.74) is 0. The van der Waals surface area contributed by atoms with Crippen LogP contribution in [0, 0.1) is 5.92 Å². The predicted octanol–water partition coefficient (Wildman–Crippen LogP) is -0.162. The van der Waals surface area contributed by atoms with Crippen molar-refractivity contribution in [2.75, 3.05) is 26.2 Å². The van der Waals surface area contributed by atoms with Crippen LogP contribution in [-0.2, 0) is 9.59 Å². The number of hydrogen-bond donors (Lipinski definition) is 1. The van der Waals surface area contributed by atoms with E-state index in [1.165, 1.54) is 0 Å². The van der Waals surface area contributed by atoms with Crippen molar-refractivity contribution in [3.05, 3.63) is 0 Å². The molecule has 0 bridgehead atoms. The summed E-state index contributed by atoms with van der Waals surface area (Å²) in [6, 6.07) is -0.240. The molecule has 2 aliphatic rings. The third-order valence-electron chi connectivity index (χ3n) is 3.59. The molecule has 0 saturated carbocycles. The van der Waals surface area contributed by atoms with Gasteiger partial charge in [0.2, 0.25) is 11.8 Å². The molecule has 0 aromatic heterocycles. The highest BCUT2D eigenvalue weighted by molar-refractivity contribution is 5.95. The normalized spacial score (nSPS) is 27.1. The lowest BCUT2D eigenvalue weighted by Gasteiger charge is -2.43. The Morgan fingerprint density at radius 2 is 2.18 bits per heavy atom. The lowest BCUT2D eigenvalue weighted by Crippen LogP contribution is -2.61. The number of hydrogen-bond acceptors (Lipinski definition) is 3. The van der Waals surface area contributed by atoms with Crippen LogP contribution in [-0.4, -0.2) is 59.0 Å². The second-order valence-electron chi connectivity index (χ2n) is 5.11. The fraction of sp³-hybridized carbons (Fsp3) is 0.833. The van der Waals surface area contributed by atoms with Crippen LogP contribution in [0.1, 0.15) is 26.2 Å². The van der Waals surface area contributed by atoms with E-state index in [2.05, 4.69) is 0 Å². The Balaban J connectivity index is 2.06. The Hall–Kier alpha value is -1.10. The van der Waals surface area contributed by atoms with Gasteiger partial charge in [0.25, 0.3) is 0 Å².